The molecular weight excluding hydrogens is 282 g/mol. The lowest BCUT2D eigenvalue weighted by atomic mass is 9.96. The van der Waals surface area contributed by atoms with Gasteiger partial charge in [-0.05, 0) is 38.0 Å². The Morgan fingerprint density at radius 3 is 2.70 bits per heavy atom. The van der Waals surface area contributed by atoms with Gasteiger partial charge >= 0.3 is 0 Å². The van der Waals surface area contributed by atoms with Crippen molar-refractivity contribution in [2.24, 2.45) is 0 Å². The van der Waals surface area contributed by atoms with Crippen LogP contribution < -0.4 is 4.90 Å². The molecule has 2 aromatic heterocycles. The summed E-state index contributed by atoms with van der Waals surface area (Å²) < 4.78 is 0. The highest BCUT2D eigenvalue weighted by Gasteiger charge is 2.30. The summed E-state index contributed by atoms with van der Waals surface area (Å²) in [6, 6.07) is 13.7. The first-order valence-electron chi connectivity index (χ1n) is 8.24. The van der Waals surface area contributed by atoms with E-state index in [1.54, 1.807) is 0 Å². The van der Waals surface area contributed by atoms with Crippen molar-refractivity contribution in [3.63, 3.8) is 0 Å². The quantitative estimate of drug-likeness (QED) is 0.706. The van der Waals surface area contributed by atoms with Crippen molar-refractivity contribution >= 4 is 16.6 Å². The molecule has 1 fully saturated rings. The number of aryl methyl sites for hydroxylation is 1. The van der Waals surface area contributed by atoms with Gasteiger partial charge in [-0.2, -0.15) is 0 Å². The van der Waals surface area contributed by atoms with Crippen molar-refractivity contribution in [3.8, 4) is 0 Å². The molecule has 0 saturated carbocycles. The van der Waals surface area contributed by atoms with Crippen LogP contribution in [-0.4, -0.2) is 22.6 Å². The summed E-state index contributed by atoms with van der Waals surface area (Å²) in [5.41, 5.74) is 5.02. The van der Waals surface area contributed by atoms with Crippen LogP contribution in [-0.2, 0) is 0 Å². The molecule has 0 N–H and O–H groups in total. The Labute approximate surface area is 137 Å². The fraction of sp³-hybridized carbons (Fsp3) is 0.300. The van der Waals surface area contributed by atoms with E-state index in [0.717, 1.165) is 12.1 Å². The zero-order valence-electron chi connectivity index (χ0n) is 13.6. The van der Waals surface area contributed by atoms with Gasteiger partial charge < -0.3 is 4.90 Å². The van der Waals surface area contributed by atoms with Gasteiger partial charge in [0.25, 0.3) is 0 Å². The van der Waals surface area contributed by atoms with E-state index in [1.165, 1.54) is 28.6 Å². The van der Waals surface area contributed by atoms with Gasteiger partial charge in [0.1, 0.15) is 0 Å². The van der Waals surface area contributed by atoms with Crippen LogP contribution in [0.3, 0.4) is 0 Å². The van der Waals surface area contributed by atoms with Gasteiger partial charge in [0.2, 0.25) is 0 Å². The van der Waals surface area contributed by atoms with Gasteiger partial charge in [-0.25, -0.2) is 0 Å². The molecular formula is C20H21N3. The Balaban J connectivity index is 1.68. The third-order valence-electron chi connectivity index (χ3n) is 4.95. The normalized spacial score (nSPS) is 21.0. The third kappa shape index (κ3) is 2.56. The molecule has 3 heteroatoms. The lowest BCUT2D eigenvalue weighted by Crippen LogP contribution is -2.26. The third-order valence-corrected chi connectivity index (χ3v) is 4.95. The molecule has 3 heterocycles. The topological polar surface area (TPSA) is 29.0 Å². The van der Waals surface area contributed by atoms with Crippen LogP contribution in [0.4, 0.5) is 5.69 Å². The first-order chi connectivity index (χ1) is 11.2. The Kier molecular flexibility index (Phi) is 3.49. The van der Waals surface area contributed by atoms with E-state index in [-0.39, 0.29) is 0 Å². The molecule has 116 valence electrons. The van der Waals surface area contributed by atoms with Crippen LogP contribution in [0.15, 0.2) is 55.0 Å². The number of hydrogen-bond acceptors (Lipinski definition) is 3. The number of aromatic nitrogens is 2. The highest BCUT2D eigenvalue weighted by molar-refractivity contribution is 5.91. The molecule has 4 rings (SSSR count). The van der Waals surface area contributed by atoms with Crippen molar-refractivity contribution < 1.29 is 0 Å². The Bertz CT molecular complexity index is 820. The SMILES string of the molecule is Cc1ccc(C2CC(C)N(c3ccnc4cnccc34)C2)cc1. The second-order valence-corrected chi connectivity index (χ2v) is 6.57. The lowest BCUT2D eigenvalue weighted by Gasteiger charge is -2.25. The van der Waals surface area contributed by atoms with Crippen molar-refractivity contribution in [1.82, 2.24) is 9.97 Å². The maximum absolute atomic E-state index is 4.44. The fourth-order valence-electron chi connectivity index (χ4n) is 3.68. The molecule has 23 heavy (non-hydrogen) atoms. The summed E-state index contributed by atoms with van der Waals surface area (Å²) >= 11 is 0. The zero-order chi connectivity index (χ0) is 15.8. The predicted molar refractivity (Wildman–Crippen MR) is 94.9 cm³/mol. The summed E-state index contributed by atoms with van der Waals surface area (Å²) in [6.07, 6.45) is 6.78. The smallest absolute Gasteiger partial charge is 0.0905 e. The van der Waals surface area contributed by atoms with Crippen LogP contribution in [0.1, 0.15) is 30.4 Å². The molecule has 1 saturated heterocycles. The van der Waals surface area contributed by atoms with Crippen LogP contribution >= 0.6 is 0 Å². The van der Waals surface area contributed by atoms with Crippen LogP contribution in [0, 0.1) is 6.92 Å². The lowest BCUT2D eigenvalue weighted by molar-refractivity contribution is 0.700. The van der Waals surface area contributed by atoms with Crippen LogP contribution in [0.25, 0.3) is 10.9 Å². The van der Waals surface area contributed by atoms with Crippen LogP contribution in [0.5, 0.6) is 0 Å². The standard InChI is InChI=1S/C20H21N3/c1-14-3-5-16(6-4-14)17-11-15(2)23(13-17)20-8-10-22-19-12-21-9-7-18(19)20/h3-10,12,15,17H,11,13H2,1-2H3. The molecule has 1 aromatic carbocycles. The summed E-state index contributed by atoms with van der Waals surface area (Å²) in [5, 5.41) is 1.19. The minimum absolute atomic E-state index is 0.528. The van der Waals surface area contributed by atoms with E-state index >= 15 is 0 Å². The predicted octanol–water partition coefficient (Wildman–Crippen LogP) is 4.32. The average molecular weight is 303 g/mol. The number of nitrogens with zero attached hydrogens (tertiary/aromatic N) is 3. The number of anilines is 1. The van der Waals surface area contributed by atoms with E-state index in [1.807, 2.05) is 18.6 Å². The molecule has 0 amide bonds. The summed E-state index contributed by atoms with van der Waals surface area (Å²) in [7, 11) is 0. The molecule has 2 atom stereocenters. The maximum atomic E-state index is 4.44. The van der Waals surface area contributed by atoms with E-state index in [0.29, 0.717) is 12.0 Å². The van der Waals surface area contributed by atoms with Crippen molar-refractivity contribution in [2.45, 2.75) is 32.2 Å². The second kappa shape index (κ2) is 5.65. The minimum Gasteiger partial charge on any atom is -0.368 e. The van der Waals surface area contributed by atoms with Gasteiger partial charge in [0, 0.05) is 42.0 Å². The molecule has 3 aromatic rings. The molecule has 0 radical (unpaired) electrons. The maximum Gasteiger partial charge on any atom is 0.0905 e. The molecule has 0 bridgehead atoms. The fourth-order valence-corrected chi connectivity index (χ4v) is 3.68. The highest BCUT2D eigenvalue weighted by atomic mass is 15.2. The average Bonchev–Trinajstić information content (AvgIpc) is 2.96. The Morgan fingerprint density at radius 2 is 1.87 bits per heavy atom. The molecule has 1 aliphatic rings. The van der Waals surface area contributed by atoms with E-state index < -0.39 is 0 Å². The first kappa shape index (κ1) is 14.2. The minimum atomic E-state index is 0.528. The number of pyridine rings is 2. The zero-order valence-corrected chi connectivity index (χ0v) is 13.6. The van der Waals surface area contributed by atoms with E-state index in [9.17, 15) is 0 Å². The van der Waals surface area contributed by atoms with Gasteiger partial charge in [-0.3, -0.25) is 9.97 Å². The molecule has 1 aliphatic heterocycles. The van der Waals surface area contributed by atoms with Gasteiger partial charge in [0.15, 0.2) is 0 Å². The molecule has 0 spiro atoms. The summed E-state index contributed by atoms with van der Waals surface area (Å²) in [6.45, 7) is 5.53. The van der Waals surface area contributed by atoms with Crippen molar-refractivity contribution in [3.05, 3.63) is 66.1 Å². The summed E-state index contributed by atoms with van der Waals surface area (Å²) in [4.78, 5) is 11.1. The number of rotatable bonds is 2. The summed E-state index contributed by atoms with van der Waals surface area (Å²) in [5.74, 6) is 0.593. The monoisotopic (exact) mass is 303 g/mol. The van der Waals surface area contributed by atoms with Gasteiger partial charge in [-0.1, -0.05) is 29.8 Å². The molecule has 2 unspecified atom stereocenters. The highest BCUT2D eigenvalue weighted by Crippen LogP contribution is 2.37. The first-order valence-corrected chi connectivity index (χ1v) is 8.24. The van der Waals surface area contributed by atoms with Crippen molar-refractivity contribution in [2.75, 3.05) is 11.4 Å². The van der Waals surface area contributed by atoms with Gasteiger partial charge in [0.05, 0.1) is 11.7 Å². The van der Waals surface area contributed by atoms with Gasteiger partial charge in [-0.15, -0.1) is 0 Å². The van der Waals surface area contributed by atoms with Crippen LogP contribution in [0.2, 0.25) is 0 Å². The number of fused-ring (bicyclic) bond motifs is 1. The Morgan fingerprint density at radius 1 is 1.04 bits per heavy atom. The molecule has 0 aliphatic carbocycles. The van der Waals surface area contributed by atoms with E-state index in [2.05, 4.69) is 65.1 Å². The number of hydrogen-bond donors (Lipinski definition) is 0. The largest absolute Gasteiger partial charge is 0.368 e. The van der Waals surface area contributed by atoms with E-state index in [4.69, 9.17) is 0 Å². The molecule has 3 nitrogen and oxygen atoms in total. The second-order valence-electron chi connectivity index (χ2n) is 6.57. The number of benzene rings is 1. The van der Waals surface area contributed by atoms with Crippen molar-refractivity contribution in [1.29, 1.82) is 0 Å². The Hall–Kier alpha value is -2.42.